The second kappa shape index (κ2) is 9.73. The van der Waals surface area contributed by atoms with Gasteiger partial charge in [-0.05, 0) is 26.4 Å². The molecule has 0 aliphatic rings. The average molecular weight is 311 g/mol. The summed E-state index contributed by atoms with van der Waals surface area (Å²) < 4.78 is 0. The van der Waals surface area contributed by atoms with Gasteiger partial charge in [-0.15, -0.1) is 11.3 Å². The van der Waals surface area contributed by atoms with Gasteiger partial charge in [0.15, 0.2) is 5.96 Å². The minimum atomic E-state index is 0.788. The number of aliphatic imine (C=N–C) groups is 1. The molecule has 0 bridgehead atoms. The molecule has 0 amide bonds. The Morgan fingerprint density at radius 3 is 2.67 bits per heavy atom. The van der Waals surface area contributed by atoms with Gasteiger partial charge in [-0.25, -0.2) is 4.98 Å². The van der Waals surface area contributed by atoms with Gasteiger partial charge in [-0.2, -0.15) is 0 Å². The summed E-state index contributed by atoms with van der Waals surface area (Å²) >= 11 is 1.69. The van der Waals surface area contributed by atoms with Gasteiger partial charge in [-0.1, -0.05) is 13.8 Å². The second-order valence-corrected chi connectivity index (χ2v) is 6.18. The summed E-state index contributed by atoms with van der Waals surface area (Å²) in [6, 6.07) is 0. The highest BCUT2D eigenvalue weighted by molar-refractivity contribution is 7.09. The molecule has 0 atom stereocenters. The first-order valence-corrected chi connectivity index (χ1v) is 8.53. The third-order valence-corrected chi connectivity index (χ3v) is 4.16. The number of aromatic nitrogens is 1. The van der Waals surface area contributed by atoms with E-state index in [1.807, 2.05) is 21.0 Å². The highest BCUT2D eigenvalue weighted by Gasteiger charge is 2.09. The Morgan fingerprint density at radius 2 is 2.14 bits per heavy atom. The van der Waals surface area contributed by atoms with E-state index in [1.54, 1.807) is 11.3 Å². The van der Waals surface area contributed by atoms with Crippen molar-refractivity contribution in [3.63, 3.8) is 0 Å². The van der Waals surface area contributed by atoms with Crippen LogP contribution in [0, 0.1) is 6.92 Å². The number of hydrogen-bond acceptors (Lipinski definition) is 4. The van der Waals surface area contributed by atoms with E-state index in [-0.39, 0.29) is 0 Å². The van der Waals surface area contributed by atoms with Crippen LogP contribution in [0.4, 0.5) is 0 Å². The molecule has 0 spiro atoms. The minimum absolute atomic E-state index is 0.788. The van der Waals surface area contributed by atoms with Gasteiger partial charge in [0.2, 0.25) is 0 Å². The van der Waals surface area contributed by atoms with Crippen LogP contribution in [0.1, 0.15) is 31.0 Å². The van der Waals surface area contributed by atoms with Gasteiger partial charge >= 0.3 is 0 Å². The summed E-state index contributed by atoms with van der Waals surface area (Å²) in [4.78, 5) is 13.4. The molecule has 5 nitrogen and oxygen atoms in total. The number of likely N-dealkylation sites (N-methyl/N-ethyl adjacent to an activating group) is 1. The van der Waals surface area contributed by atoms with Gasteiger partial charge in [0.05, 0.1) is 17.2 Å². The van der Waals surface area contributed by atoms with Crippen molar-refractivity contribution in [2.24, 2.45) is 4.99 Å². The molecule has 6 heteroatoms. The van der Waals surface area contributed by atoms with Crippen LogP contribution in [0.15, 0.2) is 10.4 Å². The Balaban J connectivity index is 2.40. The van der Waals surface area contributed by atoms with Crippen LogP contribution >= 0.6 is 11.3 Å². The van der Waals surface area contributed by atoms with E-state index in [0.717, 1.165) is 49.4 Å². The Kier molecular flexibility index (Phi) is 8.30. The normalized spacial score (nSPS) is 12.0. The first kappa shape index (κ1) is 17.9. The summed E-state index contributed by atoms with van der Waals surface area (Å²) in [5.74, 6) is 0.924. The number of aryl methyl sites for hydroxylation is 1. The number of hydrogen-bond donors (Lipinski definition) is 1. The van der Waals surface area contributed by atoms with Crippen LogP contribution < -0.4 is 5.32 Å². The largest absolute Gasteiger partial charge is 0.355 e. The molecule has 1 aromatic rings. The monoisotopic (exact) mass is 311 g/mol. The summed E-state index contributed by atoms with van der Waals surface area (Å²) in [7, 11) is 3.88. The maximum atomic E-state index is 4.50. The van der Waals surface area contributed by atoms with Crippen molar-refractivity contribution in [3.05, 3.63) is 16.1 Å². The molecule has 1 N–H and O–H groups in total. The fraction of sp³-hybridized carbons (Fsp3) is 0.733. The van der Waals surface area contributed by atoms with Crippen molar-refractivity contribution in [2.75, 3.05) is 40.3 Å². The third kappa shape index (κ3) is 6.44. The molecule has 0 unspecified atom stereocenters. The van der Waals surface area contributed by atoms with Gasteiger partial charge in [0.1, 0.15) is 0 Å². The Hall–Kier alpha value is -1.14. The Bertz CT molecular complexity index is 429. The Morgan fingerprint density at radius 1 is 1.38 bits per heavy atom. The van der Waals surface area contributed by atoms with E-state index >= 15 is 0 Å². The molecule has 120 valence electrons. The van der Waals surface area contributed by atoms with Crippen molar-refractivity contribution in [1.82, 2.24) is 20.1 Å². The number of nitrogens with one attached hydrogen (secondary N) is 1. The zero-order valence-corrected chi connectivity index (χ0v) is 14.8. The van der Waals surface area contributed by atoms with Crippen LogP contribution in [-0.4, -0.2) is 61.0 Å². The average Bonchev–Trinajstić information content (AvgIpc) is 2.87. The fourth-order valence-corrected chi connectivity index (χ4v) is 2.86. The predicted molar refractivity (Wildman–Crippen MR) is 92.1 cm³/mol. The van der Waals surface area contributed by atoms with E-state index in [0.29, 0.717) is 0 Å². The van der Waals surface area contributed by atoms with Crippen molar-refractivity contribution >= 4 is 17.3 Å². The lowest BCUT2D eigenvalue weighted by Gasteiger charge is -2.24. The van der Waals surface area contributed by atoms with Crippen LogP contribution in [0.25, 0.3) is 0 Å². The number of nitrogens with zero attached hydrogens (tertiary/aromatic N) is 4. The number of thiazole rings is 1. The third-order valence-electron chi connectivity index (χ3n) is 3.34. The highest BCUT2D eigenvalue weighted by Crippen LogP contribution is 2.09. The first-order valence-electron chi connectivity index (χ1n) is 7.65. The van der Waals surface area contributed by atoms with Crippen LogP contribution in [0.3, 0.4) is 0 Å². The second-order valence-electron chi connectivity index (χ2n) is 5.12. The lowest BCUT2D eigenvalue weighted by molar-refractivity contribution is 0.291. The molecule has 1 aromatic heterocycles. The first-order chi connectivity index (χ1) is 10.1. The van der Waals surface area contributed by atoms with E-state index in [9.17, 15) is 0 Å². The SMILES string of the molecule is CCCN(CC)CCNC(=NC)N(C)Cc1csc(C)n1. The van der Waals surface area contributed by atoms with Crippen LogP contribution in [0.2, 0.25) is 0 Å². The molecular formula is C15H29N5S. The molecule has 0 radical (unpaired) electrons. The van der Waals surface area contributed by atoms with Crippen molar-refractivity contribution in [1.29, 1.82) is 0 Å². The minimum Gasteiger partial charge on any atom is -0.355 e. The van der Waals surface area contributed by atoms with Crippen molar-refractivity contribution < 1.29 is 0 Å². The van der Waals surface area contributed by atoms with Gasteiger partial charge < -0.3 is 15.1 Å². The van der Waals surface area contributed by atoms with E-state index < -0.39 is 0 Å². The molecule has 0 saturated carbocycles. The molecule has 0 aliphatic carbocycles. The van der Waals surface area contributed by atoms with Gasteiger partial charge in [0, 0.05) is 32.6 Å². The number of rotatable bonds is 8. The molecule has 21 heavy (non-hydrogen) atoms. The molecule has 1 rings (SSSR count). The van der Waals surface area contributed by atoms with Crippen molar-refractivity contribution in [3.8, 4) is 0 Å². The lowest BCUT2D eigenvalue weighted by Crippen LogP contribution is -2.42. The molecule has 1 heterocycles. The highest BCUT2D eigenvalue weighted by atomic mass is 32.1. The van der Waals surface area contributed by atoms with Gasteiger partial charge in [0.25, 0.3) is 0 Å². The van der Waals surface area contributed by atoms with Gasteiger partial charge in [-0.3, -0.25) is 4.99 Å². The predicted octanol–water partition coefficient (Wildman–Crippen LogP) is 2.19. The maximum Gasteiger partial charge on any atom is 0.193 e. The van der Waals surface area contributed by atoms with E-state index in [2.05, 4.69) is 44.3 Å². The molecule has 0 aliphatic heterocycles. The topological polar surface area (TPSA) is 43.8 Å². The Labute approximate surface area is 133 Å². The molecular weight excluding hydrogens is 282 g/mol. The van der Waals surface area contributed by atoms with E-state index in [4.69, 9.17) is 0 Å². The quantitative estimate of drug-likeness (QED) is 0.590. The molecule has 0 aromatic carbocycles. The van der Waals surface area contributed by atoms with Crippen LogP contribution in [-0.2, 0) is 6.54 Å². The summed E-state index contributed by atoms with van der Waals surface area (Å²) in [5.41, 5.74) is 1.10. The van der Waals surface area contributed by atoms with Crippen molar-refractivity contribution in [2.45, 2.75) is 33.7 Å². The maximum absolute atomic E-state index is 4.50. The summed E-state index contributed by atoms with van der Waals surface area (Å²) in [6.07, 6.45) is 1.20. The van der Waals surface area contributed by atoms with E-state index in [1.165, 1.54) is 6.42 Å². The molecule has 0 fully saturated rings. The summed E-state index contributed by atoms with van der Waals surface area (Å²) in [6.45, 7) is 11.5. The fourth-order valence-electron chi connectivity index (χ4n) is 2.25. The smallest absolute Gasteiger partial charge is 0.193 e. The number of guanidine groups is 1. The zero-order valence-electron chi connectivity index (χ0n) is 14.0. The summed E-state index contributed by atoms with van der Waals surface area (Å²) in [5, 5.41) is 6.65. The lowest BCUT2D eigenvalue weighted by atomic mass is 10.4. The standard InChI is InChI=1S/C15H29N5S/c1-6-9-20(7-2)10-8-17-15(16-4)19(5)11-14-12-21-13(3)18-14/h12H,6-11H2,1-5H3,(H,16,17). The zero-order chi connectivity index (χ0) is 15.7. The molecule has 0 saturated heterocycles. The van der Waals surface area contributed by atoms with Crippen LogP contribution in [0.5, 0.6) is 0 Å².